The summed E-state index contributed by atoms with van der Waals surface area (Å²) in [6.07, 6.45) is 5.29. The zero-order valence-electron chi connectivity index (χ0n) is 21.2. The standard InChI is InChI=1S/C28H32N6O2S/c1-28(2,16-33-10-8-20(35)15-33)27(36)34-11-6-18(7-12-34)24-14-21-22(5-9-29-26(21)32-24)31-19-3-4-23-25(13-19)37-17-30-23/h3-6,9,13-14,17,20,35H,7-8,10-12,15-16H2,1-2H3,(H2,29,31,32). The molecule has 2 aliphatic rings. The van der Waals surface area contributed by atoms with Gasteiger partial charge in [0.2, 0.25) is 5.91 Å². The molecule has 192 valence electrons. The largest absolute Gasteiger partial charge is 0.392 e. The maximum Gasteiger partial charge on any atom is 0.229 e. The lowest BCUT2D eigenvalue weighted by atomic mass is 9.89. The molecule has 0 spiro atoms. The quantitative estimate of drug-likeness (QED) is 0.346. The highest BCUT2D eigenvalue weighted by atomic mass is 32.1. The summed E-state index contributed by atoms with van der Waals surface area (Å²) in [7, 11) is 0. The molecule has 8 nitrogen and oxygen atoms in total. The molecule has 3 N–H and O–H groups in total. The number of carbonyl (C=O) groups excluding carboxylic acids is 1. The Hall–Kier alpha value is -3.27. The number of fused-ring (bicyclic) bond motifs is 2. The number of H-pyrrole nitrogens is 1. The van der Waals surface area contributed by atoms with Gasteiger partial charge in [-0.15, -0.1) is 11.3 Å². The van der Waals surface area contributed by atoms with Crippen LogP contribution in [-0.4, -0.2) is 74.6 Å². The van der Waals surface area contributed by atoms with Crippen LogP contribution in [0.3, 0.4) is 0 Å². The van der Waals surface area contributed by atoms with Gasteiger partial charge in [-0.05, 0) is 62.6 Å². The Morgan fingerprint density at radius 3 is 2.92 bits per heavy atom. The predicted molar refractivity (Wildman–Crippen MR) is 149 cm³/mol. The second kappa shape index (κ2) is 9.55. The van der Waals surface area contributed by atoms with Crippen LogP contribution in [0.2, 0.25) is 0 Å². The lowest BCUT2D eigenvalue weighted by Gasteiger charge is -2.36. The van der Waals surface area contributed by atoms with E-state index in [1.54, 1.807) is 11.3 Å². The average molecular weight is 517 g/mol. The Bertz CT molecular complexity index is 1490. The molecule has 3 aromatic heterocycles. The predicted octanol–water partition coefficient (Wildman–Crippen LogP) is 4.62. The van der Waals surface area contributed by atoms with E-state index in [1.165, 1.54) is 5.57 Å². The number of hydrogen-bond acceptors (Lipinski definition) is 7. The van der Waals surface area contributed by atoms with Gasteiger partial charge in [0, 0.05) is 55.7 Å². The molecule has 0 saturated carbocycles. The highest BCUT2D eigenvalue weighted by Gasteiger charge is 2.36. The Morgan fingerprint density at radius 1 is 1.24 bits per heavy atom. The van der Waals surface area contributed by atoms with Crippen molar-refractivity contribution in [2.45, 2.75) is 32.8 Å². The number of aliphatic hydroxyl groups is 1. The van der Waals surface area contributed by atoms with Gasteiger partial charge in [-0.25, -0.2) is 9.97 Å². The molecule has 4 aromatic rings. The molecule has 9 heteroatoms. The third kappa shape index (κ3) is 4.86. The maximum atomic E-state index is 13.3. The summed E-state index contributed by atoms with van der Waals surface area (Å²) in [5, 5.41) is 14.4. The molecule has 0 radical (unpaired) electrons. The monoisotopic (exact) mass is 516 g/mol. The number of aromatic nitrogens is 3. The van der Waals surface area contributed by atoms with Gasteiger partial charge < -0.3 is 20.3 Å². The third-order valence-corrected chi connectivity index (χ3v) is 8.22. The molecule has 2 aliphatic heterocycles. The molecular formula is C28H32N6O2S. The number of thiazole rings is 1. The van der Waals surface area contributed by atoms with E-state index in [0.29, 0.717) is 26.2 Å². The Kier molecular flexibility index (Phi) is 6.22. The number of carbonyl (C=O) groups is 1. The van der Waals surface area contributed by atoms with Crippen molar-refractivity contribution in [3.05, 3.63) is 53.8 Å². The second-order valence-electron chi connectivity index (χ2n) is 10.8. The number of nitrogens with zero attached hydrogens (tertiary/aromatic N) is 4. The Balaban J connectivity index is 1.17. The zero-order chi connectivity index (χ0) is 25.6. The summed E-state index contributed by atoms with van der Waals surface area (Å²) in [5.41, 5.74) is 7.50. The number of likely N-dealkylation sites (tertiary alicyclic amines) is 1. The molecule has 6 rings (SSSR count). The van der Waals surface area contributed by atoms with Gasteiger partial charge in [0.15, 0.2) is 0 Å². The molecular weight excluding hydrogens is 484 g/mol. The minimum atomic E-state index is -0.483. The number of rotatable bonds is 6. The molecule has 1 atom stereocenters. The van der Waals surface area contributed by atoms with Crippen LogP contribution in [0.25, 0.3) is 26.8 Å². The Labute approximate surface area is 220 Å². The van der Waals surface area contributed by atoms with Crippen LogP contribution in [-0.2, 0) is 4.79 Å². The van der Waals surface area contributed by atoms with Crippen LogP contribution in [0.4, 0.5) is 11.4 Å². The molecule has 1 aromatic carbocycles. The first-order valence-electron chi connectivity index (χ1n) is 12.8. The fourth-order valence-electron chi connectivity index (χ4n) is 5.51. The van der Waals surface area contributed by atoms with Crippen LogP contribution in [0.15, 0.2) is 48.1 Å². The molecule has 37 heavy (non-hydrogen) atoms. The second-order valence-corrected chi connectivity index (χ2v) is 11.6. The molecule has 1 amide bonds. The van der Waals surface area contributed by atoms with E-state index in [1.807, 2.05) is 48.7 Å². The molecule has 5 heterocycles. The highest BCUT2D eigenvalue weighted by molar-refractivity contribution is 7.16. The molecule has 1 unspecified atom stereocenters. The SMILES string of the molecule is CC(C)(CN1CCC(O)C1)C(=O)N1CC=C(c2cc3c(Nc4ccc5ncsc5c4)ccnc3[nH]2)CC1. The molecule has 1 fully saturated rings. The first kappa shape index (κ1) is 24.1. The fraction of sp³-hybridized carbons (Fsp3) is 0.393. The summed E-state index contributed by atoms with van der Waals surface area (Å²) in [4.78, 5) is 29.9. The fourth-order valence-corrected chi connectivity index (χ4v) is 6.22. The van der Waals surface area contributed by atoms with Crippen molar-refractivity contribution in [3.8, 4) is 0 Å². The van der Waals surface area contributed by atoms with E-state index in [9.17, 15) is 9.90 Å². The summed E-state index contributed by atoms with van der Waals surface area (Å²) < 4.78 is 1.15. The number of anilines is 2. The number of benzene rings is 1. The smallest absolute Gasteiger partial charge is 0.229 e. The van der Waals surface area contributed by atoms with E-state index in [0.717, 1.165) is 57.7 Å². The maximum absolute atomic E-state index is 13.3. The third-order valence-electron chi connectivity index (χ3n) is 7.43. The number of nitrogens with one attached hydrogen (secondary N) is 2. The minimum absolute atomic E-state index is 0.173. The van der Waals surface area contributed by atoms with Crippen LogP contribution >= 0.6 is 11.3 Å². The van der Waals surface area contributed by atoms with E-state index < -0.39 is 5.41 Å². The summed E-state index contributed by atoms with van der Waals surface area (Å²) in [6, 6.07) is 10.3. The zero-order valence-corrected chi connectivity index (χ0v) is 22.0. The molecule has 1 saturated heterocycles. The van der Waals surface area contributed by atoms with E-state index in [2.05, 4.69) is 43.4 Å². The normalized spacial score (nSPS) is 19.1. The number of hydrogen-bond donors (Lipinski definition) is 3. The number of aliphatic hydroxyl groups excluding tert-OH is 1. The molecule has 0 bridgehead atoms. The van der Waals surface area contributed by atoms with Gasteiger partial charge in [0.05, 0.1) is 32.9 Å². The number of amides is 1. The van der Waals surface area contributed by atoms with E-state index in [-0.39, 0.29) is 12.0 Å². The van der Waals surface area contributed by atoms with E-state index >= 15 is 0 Å². The highest BCUT2D eigenvalue weighted by Crippen LogP contribution is 2.32. The lowest BCUT2D eigenvalue weighted by molar-refractivity contribution is -0.140. The summed E-state index contributed by atoms with van der Waals surface area (Å²) in [6.45, 7) is 7.52. The van der Waals surface area contributed by atoms with Gasteiger partial charge in [0.1, 0.15) is 5.65 Å². The summed E-state index contributed by atoms with van der Waals surface area (Å²) in [5.74, 6) is 0.173. The van der Waals surface area contributed by atoms with Crippen molar-refractivity contribution in [2.24, 2.45) is 5.41 Å². The summed E-state index contributed by atoms with van der Waals surface area (Å²) >= 11 is 1.63. The topological polar surface area (TPSA) is 97.4 Å². The van der Waals surface area contributed by atoms with Crippen molar-refractivity contribution in [1.82, 2.24) is 24.8 Å². The van der Waals surface area contributed by atoms with Crippen LogP contribution in [0, 0.1) is 5.41 Å². The average Bonchev–Trinajstić information content (AvgIpc) is 3.63. The molecule has 0 aliphatic carbocycles. The van der Waals surface area contributed by atoms with Crippen molar-refractivity contribution in [2.75, 3.05) is 38.0 Å². The number of aromatic amines is 1. The van der Waals surface area contributed by atoms with E-state index in [4.69, 9.17) is 0 Å². The van der Waals surface area contributed by atoms with Gasteiger partial charge in [-0.2, -0.15) is 0 Å². The van der Waals surface area contributed by atoms with Gasteiger partial charge in [-0.3, -0.25) is 9.69 Å². The van der Waals surface area contributed by atoms with Gasteiger partial charge >= 0.3 is 0 Å². The van der Waals surface area contributed by atoms with Crippen LogP contribution < -0.4 is 5.32 Å². The first-order valence-corrected chi connectivity index (χ1v) is 13.7. The van der Waals surface area contributed by atoms with Crippen LogP contribution in [0.1, 0.15) is 32.4 Å². The van der Waals surface area contributed by atoms with Crippen molar-refractivity contribution < 1.29 is 9.90 Å². The van der Waals surface area contributed by atoms with Crippen molar-refractivity contribution in [1.29, 1.82) is 0 Å². The number of pyridine rings is 1. The Morgan fingerprint density at radius 2 is 2.14 bits per heavy atom. The van der Waals surface area contributed by atoms with Crippen molar-refractivity contribution in [3.63, 3.8) is 0 Å². The first-order chi connectivity index (χ1) is 17.9. The van der Waals surface area contributed by atoms with Gasteiger partial charge in [-0.1, -0.05) is 6.08 Å². The number of β-amino-alcohol motifs (C(OH)–C–C–N with tert-alkyl or cyclic N) is 1. The van der Waals surface area contributed by atoms with Gasteiger partial charge in [0.25, 0.3) is 0 Å². The van der Waals surface area contributed by atoms with Crippen LogP contribution in [0.5, 0.6) is 0 Å². The lowest BCUT2D eigenvalue weighted by Crippen LogP contribution is -2.48. The van der Waals surface area contributed by atoms with Crippen molar-refractivity contribution >= 4 is 55.4 Å². The minimum Gasteiger partial charge on any atom is -0.392 e.